The van der Waals surface area contributed by atoms with Crippen LogP contribution in [0, 0.1) is 5.92 Å². The Balaban J connectivity index is 1.65. The number of amides is 1. The van der Waals surface area contributed by atoms with Crippen LogP contribution in [0.1, 0.15) is 43.7 Å². The summed E-state index contributed by atoms with van der Waals surface area (Å²) >= 11 is 0. The Morgan fingerprint density at radius 2 is 1.91 bits per heavy atom. The minimum absolute atomic E-state index is 0.0155. The minimum Gasteiger partial charge on any atom is -0.480 e. The highest BCUT2D eigenvalue weighted by Gasteiger charge is 2.39. The second-order valence-electron chi connectivity index (χ2n) is 6.63. The average Bonchev–Trinajstić information content (AvgIpc) is 3.32. The number of aliphatic carboxylic acids is 1. The van der Waals surface area contributed by atoms with Crippen molar-refractivity contribution >= 4 is 11.9 Å². The van der Waals surface area contributed by atoms with Crippen LogP contribution in [0.4, 0.5) is 0 Å². The first-order chi connectivity index (χ1) is 10.6. The topological polar surface area (TPSA) is 57.6 Å². The van der Waals surface area contributed by atoms with E-state index in [1.54, 1.807) is 11.8 Å². The molecule has 1 N–H and O–H groups in total. The average molecular weight is 301 g/mol. The van der Waals surface area contributed by atoms with E-state index in [0.717, 1.165) is 32.1 Å². The van der Waals surface area contributed by atoms with Crippen molar-refractivity contribution in [2.75, 3.05) is 0 Å². The Bertz CT molecular complexity index is 579. The lowest BCUT2D eigenvalue weighted by Crippen LogP contribution is -2.45. The summed E-state index contributed by atoms with van der Waals surface area (Å²) in [6.07, 6.45) is 5.33. The van der Waals surface area contributed by atoms with Gasteiger partial charge in [0.15, 0.2) is 0 Å². The normalized spacial score (nSPS) is 21.8. The van der Waals surface area contributed by atoms with Crippen molar-refractivity contribution in [3.8, 4) is 0 Å². The van der Waals surface area contributed by atoms with Crippen molar-refractivity contribution in [1.82, 2.24) is 4.90 Å². The van der Waals surface area contributed by atoms with Crippen molar-refractivity contribution in [3.05, 3.63) is 35.4 Å². The highest BCUT2D eigenvalue weighted by molar-refractivity contribution is 5.84. The van der Waals surface area contributed by atoms with E-state index in [9.17, 15) is 14.7 Å². The van der Waals surface area contributed by atoms with Gasteiger partial charge in [-0.15, -0.1) is 0 Å². The van der Waals surface area contributed by atoms with Gasteiger partial charge in [0.2, 0.25) is 5.91 Å². The fraction of sp³-hybridized carbons (Fsp3) is 0.556. The van der Waals surface area contributed by atoms with Gasteiger partial charge >= 0.3 is 5.97 Å². The number of carboxylic acid groups (broad SMARTS) is 1. The number of carboxylic acids is 1. The van der Waals surface area contributed by atoms with Gasteiger partial charge in [-0.25, -0.2) is 4.79 Å². The molecule has 0 saturated heterocycles. The lowest BCUT2D eigenvalue weighted by atomic mass is 9.82. The summed E-state index contributed by atoms with van der Waals surface area (Å²) in [7, 11) is 0. The van der Waals surface area contributed by atoms with Gasteiger partial charge in [-0.1, -0.05) is 24.3 Å². The third-order valence-electron chi connectivity index (χ3n) is 4.92. The predicted octanol–water partition coefficient (Wildman–Crippen LogP) is 2.65. The van der Waals surface area contributed by atoms with E-state index >= 15 is 0 Å². The number of benzene rings is 1. The quantitative estimate of drug-likeness (QED) is 0.909. The number of hydrogen-bond acceptors (Lipinski definition) is 2. The Hall–Kier alpha value is -1.84. The second-order valence-corrected chi connectivity index (χ2v) is 6.63. The summed E-state index contributed by atoms with van der Waals surface area (Å²) in [5, 5.41) is 9.22. The number of carbonyl (C=O) groups excluding carboxylic acids is 1. The van der Waals surface area contributed by atoms with Crippen LogP contribution in [0.15, 0.2) is 24.3 Å². The molecule has 0 spiro atoms. The molecule has 4 heteroatoms. The Kier molecular flexibility index (Phi) is 4.19. The zero-order chi connectivity index (χ0) is 15.7. The molecular formula is C18H23NO3. The number of aryl methyl sites for hydroxylation is 1. The summed E-state index contributed by atoms with van der Waals surface area (Å²) < 4.78 is 0. The standard InChI is InChI=1S/C18H23NO3/c1-12(18(21)22)19(16-8-9-16)17(20)11-13-6-7-14-4-2-3-5-15(14)10-13/h2-5,12-13,16H,6-11H2,1H3,(H,21,22). The molecule has 3 rings (SSSR count). The summed E-state index contributed by atoms with van der Waals surface area (Å²) in [6.45, 7) is 1.62. The highest BCUT2D eigenvalue weighted by Crippen LogP contribution is 2.32. The Morgan fingerprint density at radius 1 is 1.23 bits per heavy atom. The van der Waals surface area contributed by atoms with Crippen LogP contribution in [-0.2, 0) is 22.4 Å². The summed E-state index contributed by atoms with van der Waals surface area (Å²) in [4.78, 5) is 25.5. The second kappa shape index (κ2) is 6.11. The summed E-state index contributed by atoms with van der Waals surface area (Å²) in [6, 6.07) is 7.85. The van der Waals surface area contributed by atoms with Crippen LogP contribution < -0.4 is 0 Å². The number of rotatable bonds is 5. The maximum atomic E-state index is 12.6. The van der Waals surface area contributed by atoms with Gasteiger partial charge in [-0.3, -0.25) is 4.79 Å². The fourth-order valence-corrected chi connectivity index (χ4v) is 3.51. The zero-order valence-electron chi connectivity index (χ0n) is 13.0. The first-order valence-electron chi connectivity index (χ1n) is 8.17. The maximum absolute atomic E-state index is 12.6. The van der Waals surface area contributed by atoms with Crippen LogP contribution in [0.2, 0.25) is 0 Å². The van der Waals surface area contributed by atoms with Gasteiger partial charge in [0.1, 0.15) is 6.04 Å². The minimum atomic E-state index is -0.908. The van der Waals surface area contributed by atoms with Gasteiger partial charge in [0, 0.05) is 12.5 Å². The molecule has 0 aromatic heterocycles. The van der Waals surface area contributed by atoms with Gasteiger partial charge in [-0.05, 0) is 56.1 Å². The van der Waals surface area contributed by atoms with E-state index < -0.39 is 12.0 Å². The van der Waals surface area contributed by atoms with E-state index in [2.05, 4.69) is 18.2 Å². The predicted molar refractivity (Wildman–Crippen MR) is 83.5 cm³/mol. The fourth-order valence-electron chi connectivity index (χ4n) is 3.51. The SMILES string of the molecule is CC(C(=O)O)N(C(=O)CC1CCc2ccccc2C1)C1CC1. The zero-order valence-corrected chi connectivity index (χ0v) is 13.0. The monoisotopic (exact) mass is 301 g/mol. The third-order valence-corrected chi connectivity index (χ3v) is 4.92. The molecule has 0 aliphatic heterocycles. The van der Waals surface area contributed by atoms with Crippen molar-refractivity contribution in [2.45, 2.75) is 57.5 Å². The summed E-state index contributed by atoms with van der Waals surface area (Å²) in [5.74, 6) is -0.555. The van der Waals surface area contributed by atoms with E-state index in [1.165, 1.54) is 11.1 Å². The van der Waals surface area contributed by atoms with E-state index in [1.807, 2.05) is 6.07 Å². The van der Waals surface area contributed by atoms with Gasteiger partial charge in [0.05, 0.1) is 0 Å². The van der Waals surface area contributed by atoms with E-state index in [0.29, 0.717) is 12.3 Å². The molecule has 2 unspecified atom stereocenters. The molecule has 4 nitrogen and oxygen atoms in total. The largest absolute Gasteiger partial charge is 0.480 e. The molecule has 1 fully saturated rings. The molecule has 0 heterocycles. The molecule has 2 atom stereocenters. The van der Waals surface area contributed by atoms with Gasteiger partial charge < -0.3 is 10.0 Å². The maximum Gasteiger partial charge on any atom is 0.326 e. The van der Waals surface area contributed by atoms with Crippen molar-refractivity contribution in [3.63, 3.8) is 0 Å². The molecule has 22 heavy (non-hydrogen) atoms. The third kappa shape index (κ3) is 3.16. The molecule has 0 bridgehead atoms. The van der Waals surface area contributed by atoms with Crippen LogP contribution in [0.3, 0.4) is 0 Å². The molecule has 118 valence electrons. The van der Waals surface area contributed by atoms with E-state index in [-0.39, 0.29) is 11.9 Å². The van der Waals surface area contributed by atoms with Crippen molar-refractivity contribution in [2.24, 2.45) is 5.92 Å². The Morgan fingerprint density at radius 3 is 2.55 bits per heavy atom. The lowest BCUT2D eigenvalue weighted by Gasteiger charge is -2.30. The molecule has 2 aliphatic rings. The molecule has 1 amide bonds. The van der Waals surface area contributed by atoms with Crippen LogP contribution >= 0.6 is 0 Å². The van der Waals surface area contributed by atoms with Gasteiger partial charge in [0.25, 0.3) is 0 Å². The van der Waals surface area contributed by atoms with Gasteiger partial charge in [-0.2, -0.15) is 0 Å². The van der Waals surface area contributed by atoms with Crippen molar-refractivity contribution < 1.29 is 14.7 Å². The first-order valence-corrected chi connectivity index (χ1v) is 8.17. The molecule has 1 aromatic rings. The van der Waals surface area contributed by atoms with E-state index in [4.69, 9.17) is 0 Å². The summed E-state index contributed by atoms with van der Waals surface area (Å²) in [5.41, 5.74) is 2.74. The number of nitrogens with zero attached hydrogens (tertiary/aromatic N) is 1. The van der Waals surface area contributed by atoms with Crippen LogP contribution in [-0.4, -0.2) is 34.0 Å². The molecule has 0 radical (unpaired) electrons. The highest BCUT2D eigenvalue weighted by atomic mass is 16.4. The first kappa shape index (κ1) is 15.1. The number of fused-ring (bicyclic) bond motifs is 1. The molecule has 2 aliphatic carbocycles. The number of hydrogen-bond donors (Lipinski definition) is 1. The molecule has 1 saturated carbocycles. The lowest BCUT2D eigenvalue weighted by molar-refractivity contribution is -0.150. The molecular weight excluding hydrogens is 278 g/mol. The Labute approximate surface area is 131 Å². The van der Waals surface area contributed by atoms with Crippen molar-refractivity contribution in [1.29, 1.82) is 0 Å². The van der Waals surface area contributed by atoms with Crippen LogP contribution in [0.25, 0.3) is 0 Å². The smallest absolute Gasteiger partial charge is 0.326 e. The van der Waals surface area contributed by atoms with Crippen LogP contribution in [0.5, 0.6) is 0 Å². The number of carbonyl (C=O) groups is 2. The molecule has 1 aromatic carbocycles.